The second kappa shape index (κ2) is 6.16. The summed E-state index contributed by atoms with van der Waals surface area (Å²) in [6.07, 6.45) is 2.28. The molecule has 5 nitrogen and oxygen atoms in total. The van der Waals surface area contributed by atoms with Gasteiger partial charge in [-0.25, -0.2) is 13.1 Å². The highest BCUT2D eigenvalue weighted by Gasteiger charge is 2.10. The number of hydrogen-bond acceptors (Lipinski definition) is 3. The van der Waals surface area contributed by atoms with Gasteiger partial charge >= 0.3 is 0 Å². The molecule has 2 N–H and O–H groups in total. The van der Waals surface area contributed by atoms with Gasteiger partial charge in [0.05, 0.1) is 11.4 Å². The van der Waals surface area contributed by atoms with Gasteiger partial charge in [-0.1, -0.05) is 13.3 Å². The van der Waals surface area contributed by atoms with Crippen LogP contribution in [0.1, 0.15) is 36.7 Å². The fourth-order valence-corrected chi connectivity index (χ4v) is 2.91. The molecule has 0 unspecified atom stereocenters. The molecule has 0 saturated heterocycles. The number of rotatable bonds is 7. The van der Waals surface area contributed by atoms with E-state index in [0.717, 1.165) is 23.4 Å². The highest BCUT2D eigenvalue weighted by Crippen LogP contribution is 2.09. The molecule has 1 aromatic heterocycles. The molecule has 1 aromatic rings. The number of sulfonamides is 1. The molecular formula is C11H21N3O2S. The Morgan fingerprint density at radius 1 is 1.35 bits per heavy atom. The molecule has 0 aliphatic heterocycles. The van der Waals surface area contributed by atoms with Gasteiger partial charge in [-0.15, -0.1) is 0 Å². The first-order chi connectivity index (χ1) is 7.96. The summed E-state index contributed by atoms with van der Waals surface area (Å²) < 4.78 is 25.7. The maximum absolute atomic E-state index is 11.6. The molecule has 0 fully saturated rings. The highest BCUT2D eigenvalue weighted by molar-refractivity contribution is 7.89. The largest absolute Gasteiger partial charge is 0.282 e. The maximum atomic E-state index is 11.6. The van der Waals surface area contributed by atoms with Crippen molar-refractivity contribution in [1.29, 1.82) is 0 Å². The van der Waals surface area contributed by atoms with Gasteiger partial charge in [0.25, 0.3) is 0 Å². The normalized spacial score (nSPS) is 11.9. The van der Waals surface area contributed by atoms with Crippen LogP contribution in [0.5, 0.6) is 0 Å². The smallest absolute Gasteiger partial charge is 0.211 e. The minimum absolute atomic E-state index is 0.215. The van der Waals surface area contributed by atoms with Crippen molar-refractivity contribution in [2.75, 3.05) is 12.3 Å². The Labute approximate surface area is 103 Å². The standard InChI is InChI=1S/C11H21N3O2S/c1-4-5-8-17(15,16)12-7-6-11-9(2)13-14-10(11)3/h12H,4-8H2,1-3H3,(H,13,14). The predicted molar refractivity (Wildman–Crippen MR) is 68.5 cm³/mol. The molecule has 0 amide bonds. The molecule has 0 aromatic carbocycles. The molecule has 17 heavy (non-hydrogen) atoms. The van der Waals surface area contributed by atoms with Crippen LogP contribution in [0.2, 0.25) is 0 Å². The summed E-state index contributed by atoms with van der Waals surface area (Å²) in [6.45, 7) is 6.28. The number of unbranched alkanes of at least 4 members (excludes halogenated alkanes) is 1. The van der Waals surface area contributed by atoms with Gasteiger partial charge in [-0.05, 0) is 32.3 Å². The Kier molecular flexibility index (Phi) is 5.14. The van der Waals surface area contributed by atoms with Crippen LogP contribution in [0.25, 0.3) is 0 Å². The Morgan fingerprint density at radius 3 is 2.59 bits per heavy atom. The number of hydrogen-bond donors (Lipinski definition) is 2. The number of aromatic nitrogens is 2. The van der Waals surface area contributed by atoms with Crippen LogP contribution >= 0.6 is 0 Å². The van der Waals surface area contributed by atoms with Crippen molar-refractivity contribution >= 4 is 10.0 Å². The average molecular weight is 259 g/mol. The van der Waals surface area contributed by atoms with Gasteiger partial charge in [0.15, 0.2) is 0 Å². The third-order valence-electron chi connectivity index (χ3n) is 2.74. The first kappa shape index (κ1) is 14.2. The van der Waals surface area contributed by atoms with Gasteiger partial charge in [-0.2, -0.15) is 5.10 Å². The summed E-state index contributed by atoms with van der Waals surface area (Å²) >= 11 is 0. The SMILES string of the molecule is CCCCS(=O)(=O)NCCc1c(C)n[nH]c1C. The summed E-state index contributed by atoms with van der Waals surface area (Å²) in [5.41, 5.74) is 3.05. The summed E-state index contributed by atoms with van der Waals surface area (Å²) in [7, 11) is -3.10. The van der Waals surface area contributed by atoms with E-state index >= 15 is 0 Å². The van der Waals surface area contributed by atoms with Crippen LogP contribution in [0, 0.1) is 13.8 Å². The van der Waals surface area contributed by atoms with E-state index in [2.05, 4.69) is 14.9 Å². The van der Waals surface area contributed by atoms with E-state index in [4.69, 9.17) is 0 Å². The van der Waals surface area contributed by atoms with Crippen molar-refractivity contribution in [2.45, 2.75) is 40.0 Å². The van der Waals surface area contributed by atoms with Gasteiger partial charge < -0.3 is 0 Å². The van der Waals surface area contributed by atoms with Crippen molar-refractivity contribution in [1.82, 2.24) is 14.9 Å². The molecule has 0 atom stereocenters. The topological polar surface area (TPSA) is 74.8 Å². The molecule has 1 heterocycles. The molecular weight excluding hydrogens is 238 g/mol. The molecule has 0 aliphatic carbocycles. The molecule has 1 rings (SSSR count). The lowest BCUT2D eigenvalue weighted by atomic mass is 10.1. The van der Waals surface area contributed by atoms with Crippen molar-refractivity contribution in [2.24, 2.45) is 0 Å². The number of aryl methyl sites for hydroxylation is 2. The summed E-state index contributed by atoms with van der Waals surface area (Å²) in [4.78, 5) is 0. The Bertz CT molecular complexity index is 432. The summed E-state index contributed by atoms with van der Waals surface area (Å²) in [5.74, 6) is 0.215. The van der Waals surface area contributed by atoms with E-state index in [1.54, 1.807) is 0 Å². The minimum atomic E-state index is -3.10. The van der Waals surface area contributed by atoms with Crippen LogP contribution in [-0.2, 0) is 16.4 Å². The number of nitrogens with one attached hydrogen (secondary N) is 2. The van der Waals surface area contributed by atoms with Crippen LogP contribution in [0.15, 0.2) is 0 Å². The monoisotopic (exact) mass is 259 g/mol. The van der Waals surface area contributed by atoms with E-state index in [9.17, 15) is 8.42 Å². The third kappa shape index (κ3) is 4.47. The van der Waals surface area contributed by atoms with E-state index in [1.807, 2.05) is 20.8 Å². The zero-order valence-electron chi connectivity index (χ0n) is 10.7. The summed E-state index contributed by atoms with van der Waals surface area (Å²) in [6, 6.07) is 0. The van der Waals surface area contributed by atoms with Crippen molar-refractivity contribution in [3.63, 3.8) is 0 Å². The predicted octanol–water partition coefficient (Wildman–Crippen LogP) is 1.29. The average Bonchev–Trinajstić information content (AvgIpc) is 2.58. The zero-order chi connectivity index (χ0) is 12.9. The second-order valence-electron chi connectivity index (χ2n) is 4.23. The first-order valence-corrected chi connectivity index (χ1v) is 7.59. The number of aromatic amines is 1. The van der Waals surface area contributed by atoms with Crippen LogP contribution in [0.3, 0.4) is 0 Å². The van der Waals surface area contributed by atoms with E-state index < -0.39 is 10.0 Å². The van der Waals surface area contributed by atoms with E-state index in [0.29, 0.717) is 19.4 Å². The molecule has 0 saturated carbocycles. The molecule has 0 radical (unpaired) electrons. The Balaban J connectivity index is 2.43. The number of H-pyrrole nitrogens is 1. The van der Waals surface area contributed by atoms with E-state index in [1.165, 1.54) is 0 Å². The van der Waals surface area contributed by atoms with Crippen LogP contribution < -0.4 is 4.72 Å². The van der Waals surface area contributed by atoms with Crippen LogP contribution in [-0.4, -0.2) is 30.9 Å². The molecule has 6 heteroatoms. The molecule has 0 spiro atoms. The number of nitrogens with zero attached hydrogens (tertiary/aromatic N) is 1. The fraction of sp³-hybridized carbons (Fsp3) is 0.727. The van der Waals surface area contributed by atoms with Crippen molar-refractivity contribution in [3.8, 4) is 0 Å². The highest BCUT2D eigenvalue weighted by atomic mass is 32.2. The van der Waals surface area contributed by atoms with Gasteiger partial charge in [0.1, 0.15) is 0 Å². The Morgan fingerprint density at radius 2 is 2.06 bits per heavy atom. The fourth-order valence-electron chi connectivity index (χ4n) is 1.68. The maximum Gasteiger partial charge on any atom is 0.211 e. The van der Waals surface area contributed by atoms with Gasteiger partial charge in [0.2, 0.25) is 10.0 Å². The molecule has 98 valence electrons. The van der Waals surface area contributed by atoms with Gasteiger partial charge in [0, 0.05) is 12.2 Å². The molecule has 0 aliphatic rings. The Hall–Kier alpha value is -0.880. The van der Waals surface area contributed by atoms with Gasteiger partial charge in [-0.3, -0.25) is 5.10 Å². The lowest BCUT2D eigenvalue weighted by Crippen LogP contribution is -2.28. The quantitative estimate of drug-likeness (QED) is 0.774. The third-order valence-corrected chi connectivity index (χ3v) is 4.21. The lowest BCUT2D eigenvalue weighted by molar-refractivity contribution is 0.578. The lowest BCUT2D eigenvalue weighted by Gasteiger charge is -2.06. The second-order valence-corrected chi connectivity index (χ2v) is 6.16. The zero-order valence-corrected chi connectivity index (χ0v) is 11.5. The first-order valence-electron chi connectivity index (χ1n) is 5.94. The minimum Gasteiger partial charge on any atom is -0.282 e. The van der Waals surface area contributed by atoms with E-state index in [-0.39, 0.29) is 5.75 Å². The van der Waals surface area contributed by atoms with Crippen LogP contribution in [0.4, 0.5) is 0 Å². The molecule has 0 bridgehead atoms. The van der Waals surface area contributed by atoms with Crippen molar-refractivity contribution in [3.05, 3.63) is 17.0 Å². The summed E-state index contributed by atoms with van der Waals surface area (Å²) in [5, 5.41) is 6.97. The van der Waals surface area contributed by atoms with Crippen molar-refractivity contribution < 1.29 is 8.42 Å².